The predicted octanol–water partition coefficient (Wildman–Crippen LogP) is 0.748. The molecule has 6 nitrogen and oxygen atoms in total. The number of carbonyl (C=O) groups is 2. The van der Waals surface area contributed by atoms with Gasteiger partial charge in [0.2, 0.25) is 11.8 Å². The highest BCUT2D eigenvalue weighted by Gasteiger charge is 2.24. The minimum Gasteiger partial charge on any atom is -0.347 e. The van der Waals surface area contributed by atoms with Crippen LogP contribution >= 0.6 is 0 Å². The van der Waals surface area contributed by atoms with E-state index in [1.807, 2.05) is 20.8 Å². The molecular weight excluding hydrogens is 232 g/mol. The third-order valence-corrected chi connectivity index (χ3v) is 2.60. The zero-order valence-electron chi connectivity index (χ0n) is 11.2. The number of nitrogens with zero attached hydrogens (tertiary/aromatic N) is 1. The summed E-state index contributed by atoms with van der Waals surface area (Å²) in [4.78, 5) is 30.1. The molecular formula is C12H20N4O2. The van der Waals surface area contributed by atoms with Gasteiger partial charge in [0.05, 0.1) is 6.04 Å². The van der Waals surface area contributed by atoms with Crippen LogP contribution in [0.25, 0.3) is 0 Å². The Morgan fingerprint density at radius 2 is 1.94 bits per heavy atom. The molecule has 1 rings (SSSR count). The number of rotatable bonds is 5. The first kappa shape index (κ1) is 14.2. The SMILES string of the molecule is CC(=O)NC(C(=O)NC(C)c1ncc[nH]1)C(C)C. The van der Waals surface area contributed by atoms with E-state index in [2.05, 4.69) is 20.6 Å². The molecule has 1 aromatic rings. The molecule has 2 unspecified atom stereocenters. The van der Waals surface area contributed by atoms with Gasteiger partial charge in [0.25, 0.3) is 0 Å². The Morgan fingerprint density at radius 3 is 2.39 bits per heavy atom. The molecule has 6 heteroatoms. The largest absolute Gasteiger partial charge is 0.347 e. The number of aromatic amines is 1. The van der Waals surface area contributed by atoms with E-state index >= 15 is 0 Å². The molecule has 2 amide bonds. The number of amides is 2. The molecule has 0 saturated carbocycles. The summed E-state index contributed by atoms with van der Waals surface area (Å²) in [5.41, 5.74) is 0. The summed E-state index contributed by atoms with van der Waals surface area (Å²) in [6.07, 6.45) is 3.33. The van der Waals surface area contributed by atoms with Gasteiger partial charge in [-0.2, -0.15) is 0 Å². The number of imidazole rings is 1. The Bertz CT molecular complexity index is 400. The summed E-state index contributed by atoms with van der Waals surface area (Å²) in [7, 11) is 0. The lowest BCUT2D eigenvalue weighted by molar-refractivity contribution is -0.129. The van der Waals surface area contributed by atoms with E-state index in [4.69, 9.17) is 0 Å². The van der Waals surface area contributed by atoms with E-state index in [1.165, 1.54) is 6.92 Å². The van der Waals surface area contributed by atoms with Crippen LogP contribution in [0.3, 0.4) is 0 Å². The van der Waals surface area contributed by atoms with Crippen LogP contribution in [0.2, 0.25) is 0 Å². The molecule has 0 spiro atoms. The zero-order valence-corrected chi connectivity index (χ0v) is 11.2. The van der Waals surface area contributed by atoms with Crippen molar-refractivity contribution in [2.75, 3.05) is 0 Å². The molecule has 0 aliphatic rings. The van der Waals surface area contributed by atoms with E-state index in [0.29, 0.717) is 5.82 Å². The first-order valence-corrected chi connectivity index (χ1v) is 5.98. The van der Waals surface area contributed by atoms with E-state index in [9.17, 15) is 9.59 Å². The van der Waals surface area contributed by atoms with Crippen LogP contribution < -0.4 is 10.6 Å². The molecule has 0 aromatic carbocycles. The van der Waals surface area contributed by atoms with Crippen LogP contribution in [0.4, 0.5) is 0 Å². The van der Waals surface area contributed by atoms with Crippen molar-refractivity contribution in [3.05, 3.63) is 18.2 Å². The van der Waals surface area contributed by atoms with Crippen LogP contribution in [0.15, 0.2) is 12.4 Å². The van der Waals surface area contributed by atoms with Gasteiger partial charge in [-0.05, 0) is 12.8 Å². The van der Waals surface area contributed by atoms with Crippen LogP contribution in [-0.4, -0.2) is 27.8 Å². The topological polar surface area (TPSA) is 86.9 Å². The van der Waals surface area contributed by atoms with Gasteiger partial charge in [-0.15, -0.1) is 0 Å². The number of hydrogen-bond acceptors (Lipinski definition) is 3. The van der Waals surface area contributed by atoms with E-state index in [0.717, 1.165) is 0 Å². The van der Waals surface area contributed by atoms with E-state index in [1.54, 1.807) is 12.4 Å². The Balaban J connectivity index is 2.64. The second-order valence-electron chi connectivity index (χ2n) is 4.63. The average Bonchev–Trinajstić information content (AvgIpc) is 2.78. The highest BCUT2D eigenvalue weighted by molar-refractivity contribution is 5.87. The lowest BCUT2D eigenvalue weighted by atomic mass is 10.0. The van der Waals surface area contributed by atoms with Crippen molar-refractivity contribution in [2.45, 2.75) is 39.8 Å². The Hall–Kier alpha value is -1.85. The Kier molecular flexibility index (Phi) is 4.88. The summed E-state index contributed by atoms with van der Waals surface area (Å²) < 4.78 is 0. The van der Waals surface area contributed by atoms with Crippen molar-refractivity contribution in [2.24, 2.45) is 5.92 Å². The third kappa shape index (κ3) is 3.87. The summed E-state index contributed by atoms with van der Waals surface area (Å²) in [5, 5.41) is 5.47. The first-order valence-electron chi connectivity index (χ1n) is 5.98. The standard InChI is InChI=1S/C12H20N4O2/c1-7(2)10(16-9(4)17)12(18)15-8(3)11-13-5-6-14-11/h5-8,10H,1-4H3,(H,13,14)(H,15,18)(H,16,17). The van der Waals surface area contributed by atoms with Crippen molar-refractivity contribution in [1.82, 2.24) is 20.6 Å². The molecule has 0 radical (unpaired) electrons. The van der Waals surface area contributed by atoms with Crippen LogP contribution in [0, 0.1) is 5.92 Å². The number of nitrogens with one attached hydrogen (secondary N) is 3. The van der Waals surface area contributed by atoms with Gasteiger partial charge in [-0.25, -0.2) is 4.98 Å². The summed E-state index contributed by atoms with van der Waals surface area (Å²) in [5.74, 6) is 0.296. The molecule has 3 N–H and O–H groups in total. The van der Waals surface area contributed by atoms with Gasteiger partial charge in [-0.3, -0.25) is 9.59 Å². The second-order valence-corrected chi connectivity index (χ2v) is 4.63. The fourth-order valence-corrected chi connectivity index (χ4v) is 1.64. The Labute approximate surface area is 107 Å². The number of H-pyrrole nitrogens is 1. The highest BCUT2D eigenvalue weighted by Crippen LogP contribution is 2.08. The predicted molar refractivity (Wildman–Crippen MR) is 67.6 cm³/mol. The summed E-state index contributed by atoms with van der Waals surface area (Å²) in [6, 6.07) is -0.748. The Morgan fingerprint density at radius 1 is 1.28 bits per heavy atom. The van der Waals surface area contributed by atoms with Gasteiger partial charge < -0.3 is 15.6 Å². The fraction of sp³-hybridized carbons (Fsp3) is 0.583. The maximum Gasteiger partial charge on any atom is 0.243 e. The lowest BCUT2D eigenvalue weighted by Gasteiger charge is -2.22. The molecule has 100 valence electrons. The lowest BCUT2D eigenvalue weighted by Crippen LogP contribution is -2.49. The van der Waals surface area contributed by atoms with Crippen LogP contribution in [0.1, 0.15) is 39.6 Å². The monoisotopic (exact) mass is 252 g/mol. The number of hydrogen-bond donors (Lipinski definition) is 3. The molecule has 1 aromatic heterocycles. The van der Waals surface area contributed by atoms with Gasteiger partial charge in [0.15, 0.2) is 0 Å². The number of aromatic nitrogens is 2. The van der Waals surface area contributed by atoms with Gasteiger partial charge >= 0.3 is 0 Å². The van der Waals surface area contributed by atoms with E-state index < -0.39 is 6.04 Å². The maximum absolute atomic E-state index is 12.1. The normalized spacial score (nSPS) is 14.1. The minimum absolute atomic E-state index is 0.0256. The zero-order chi connectivity index (χ0) is 13.7. The molecule has 0 bridgehead atoms. The van der Waals surface area contributed by atoms with Crippen molar-refractivity contribution in [3.8, 4) is 0 Å². The maximum atomic E-state index is 12.1. The third-order valence-electron chi connectivity index (χ3n) is 2.60. The molecule has 2 atom stereocenters. The highest BCUT2D eigenvalue weighted by atomic mass is 16.2. The van der Waals surface area contributed by atoms with Gasteiger partial charge in [0, 0.05) is 19.3 Å². The molecule has 1 heterocycles. The van der Waals surface area contributed by atoms with Gasteiger partial charge in [-0.1, -0.05) is 13.8 Å². The second kappa shape index (κ2) is 6.18. The quantitative estimate of drug-likeness (QED) is 0.722. The number of carbonyl (C=O) groups excluding carboxylic acids is 2. The van der Waals surface area contributed by atoms with Crippen molar-refractivity contribution in [1.29, 1.82) is 0 Å². The summed E-state index contributed by atoms with van der Waals surface area (Å²) >= 11 is 0. The smallest absolute Gasteiger partial charge is 0.243 e. The molecule has 0 fully saturated rings. The van der Waals surface area contributed by atoms with Crippen molar-refractivity contribution in [3.63, 3.8) is 0 Å². The average molecular weight is 252 g/mol. The van der Waals surface area contributed by atoms with Crippen LogP contribution in [0.5, 0.6) is 0 Å². The van der Waals surface area contributed by atoms with E-state index in [-0.39, 0.29) is 23.8 Å². The first-order chi connectivity index (χ1) is 8.41. The van der Waals surface area contributed by atoms with Gasteiger partial charge in [0.1, 0.15) is 11.9 Å². The minimum atomic E-state index is -0.528. The summed E-state index contributed by atoms with van der Waals surface area (Å²) in [6.45, 7) is 7.01. The van der Waals surface area contributed by atoms with Crippen LogP contribution in [-0.2, 0) is 9.59 Å². The molecule has 0 aliphatic heterocycles. The molecule has 18 heavy (non-hydrogen) atoms. The molecule has 0 saturated heterocycles. The van der Waals surface area contributed by atoms with Crippen molar-refractivity contribution >= 4 is 11.8 Å². The van der Waals surface area contributed by atoms with Crippen molar-refractivity contribution < 1.29 is 9.59 Å². The fourth-order valence-electron chi connectivity index (χ4n) is 1.64. The molecule has 0 aliphatic carbocycles.